The van der Waals surface area contributed by atoms with E-state index in [2.05, 4.69) is 9.71 Å². The molecule has 0 unspecified atom stereocenters. The van der Waals surface area contributed by atoms with Crippen LogP contribution in [-0.4, -0.2) is 43.8 Å². The Bertz CT molecular complexity index is 631. The van der Waals surface area contributed by atoms with Crippen molar-refractivity contribution in [1.82, 2.24) is 14.6 Å². The Morgan fingerprint density at radius 1 is 1.33 bits per heavy atom. The Kier molecular flexibility index (Phi) is 5.43. The van der Waals surface area contributed by atoms with E-state index in [1.807, 2.05) is 0 Å². The summed E-state index contributed by atoms with van der Waals surface area (Å²) in [6, 6.07) is 1.22. The third-order valence-electron chi connectivity index (χ3n) is 3.17. The lowest BCUT2D eigenvalue weighted by Gasteiger charge is -2.15. The quantitative estimate of drug-likeness (QED) is 0.818. The first kappa shape index (κ1) is 16.5. The molecule has 21 heavy (non-hydrogen) atoms. The van der Waals surface area contributed by atoms with Gasteiger partial charge in [0.2, 0.25) is 15.9 Å². The van der Waals surface area contributed by atoms with Gasteiger partial charge >= 0.3 is 0 Å². The molecule has 1 amide bonds. The molecule has 6 nitrogen and oxygen atoms in total. The van der Waals surface area contributed by atoms with E-state index in [4.69, 9.17) is 23.2 Å². The molecule has 0 radical (unpaired) electrons. The van der Waals surface area contributed by atoms with E-state index < -0.39 is 10.0 Å². The first-order chi connectivity index (χ1) is 9.90. The van der Waals surface area contributed by atoms with Gasteiger partial charge in [-0.25, -0.2) is 18.1 Å². The van der Waals surface area contributed by atoms with E-state index in [0.717, 1.165) is 32.1 Å². The Morgan fingerprint density at radius 2 is 2.00 bits per heavy atom. The molecule has 9 heteroatoms. The molecule has 1 fully saturated rings. The zero-order chi connectivity index (χ0) is 15.5. The van der Waals surface area contributed by atoms with E-state index in [1.54, 1.807) is 4.90 Å². The van der Waals surface area contributed by atoms with Crippen molar-refractivity contribution in [3.05, 3.63) is 22.4 Å². The number of carbonyl (C=O) groups is 1. The van der Waals surface area contributed by atoms with Crippen molar-refractivity contribution in [3.63, 3.8) is 0 Å². The van der Waals surface area contributed by atoms with Crippen molar-refractivity contribution < 1.29 is 13.2 Å². The molecule has 1 aliphatic heterocycles. The van der Waals surface area contributed by atoms with Crippen LogP contribution in [0, 0.1) is 0 Å². The summed E-state index contributed by atoms with van der Waals surface area (Å²) < 4.78 is 26.4. The molecule has 1 saturated heterocycles. The van der Waals surface area contributed by atoms with Gasteiger partial charge in [-0.15, -0.1) is 0 Å². The number of carbonyl (C=O) groups excluding carboxylic acids is 1. The smallest absolute Gasteiger partial charge is 0.242 e. The van der Waals surface area contributed by atoms with Crippen LogP contribution in [0.3, 0.4) is 0 Å². The average Bonchev–Trinajstić information content (AvgIpc) is 2.95. The second kappa shape index (κ2) is 6.91. The monoisotopic (exact) mass is 351 g/mol. The van der Waals surface area contributed by atoms with E-state index in [0.29, 0.717) is 0 Å². The standard InChI is InChI=1S/C12H15Cl2N3O3S/c13-10-7-9(8-15-12(10)14)21(19,20)16-4-3-11(18)17-5-1-2-6-17/h7-8,16H,1-6H2. The summed E-state index contributed by atoms with van der Waals surface area (Å²) in [5.41, 5.74) is 0. The van der Waals surface area contributed by atoms with Crippen LogP contribution in [0.4, 0.5) is 0 Å². The minimum Gasteiger partial charge on any atom is -0.343 e. The van der Waals surface area contributed by atoms with Gasteiger partial charge in [0.15, 0.2) is 0 Å². The van der Waals surface area contributed by atoms with Gasteiger partial charge in [-0.3, -0.25) is 4.79 Å². The van der Waals surface area contributed by atoms with Crippen molar-refractivity contribution in [2.45, 2.75) is 24.2 Å². The molecule has 1 aromatic rings. The van der Waals surface area contributed by atoms with Gasteiger partial charge in [0, 0.05) is 32.3 Å². The fourth-order valence-corrected chi connectivity index (χ4v) is 3.39. The predicted octanol–water partition coefficient (Wildman–Crippen LogP) is 1.68. The van der Waals surface area contributed by atoms with Gasteiger partial charge in [0.1, 0.15) is 10.0 Å². The molecule has 0 aliphatic carbocycles. The Labute approximate surface area is 133 Å². The van der Waals surface area contributed by atoms with Crippen LogP contribution in [-0.2, 0) is 14.8 Å². The van der Waals surface area contributed by atoms with Crippen LogP contribution >= 0.6 is 23.2 Å². The number of hydrogen-bond donors (Lipinski definition) is 1. The Morgan fingerprint density at radius 3 is 2.62 bits per heavy atom. The van der Waals surface area contributed by atoms with E-state index in [1.165, 1.54) is 6.07 Å². The first-order valence-electron chi connectivity index (χ1n) is 6.48. The van der Waals surface area contributed by atoms with Gasteiger partial charge in [0.25, 0.3) is 0 Å². The van der Waals surface area contributed by atoms with Crippen LogP contribution in [0.5, 0.6) is 0 Å². The maximum absolute atomic E-state index is 12.0. The minimum atomic E-state index is -3.75. The minimum absolute atomic E-state index is 0.0394. The van der Waals surface area contributed by atoms with Gasteiger partial charge < -0.3 is 4.90 Å². The number of nitrogens with zero attached hydrogens (tertiary/aromatic N) is 2. The molecule has 2 rings (SSSR count). The summed E-state index contributed by atoms with van der Waals surface area (Å²) in [5, 5.41) is 0.104. The fraction of sp³-hybridized carbons (Fsp3) is 0.500. The number of pyridine rings is 1. The molecule has 0 bridgehead atoms. The molecule has 2 heterocycles. The van der Waals surface area contributed by atoms with Crippen LogP contribution in [0.1, 0.15) is 19.3 Å². The highest BCUT2D eigenvalue weighted by Gasteiger charge is 2.20. The highest BCUT2D eigenvalue weighted by molar-refractivity contribution is 7.89. The largest absolute Gasteiger partial charge is 0.343 e. The third-order valence-corrected chi connectivity index (χ3v) is 5.29. The van der Waals surface area contributed by atoms with Crippen molar-refractivity contribution in [3.8, 4) is 0 Å². The van der Waals surface area contributed by atoms with Crippen LogP contribution in [0.2, 0.25) is 10.2 Å². The zero-order valence-electron chi connectivity index (χ0n) is 11.2. The van der Waals surface area contributed by atoms with Crippen molar-refractivity contribution in [1.29, 1.82) is 0 Å². The van der Waals surface area contributed by atoms with Crippen molar-refractivity contribution in [2.24, 2.45) is 0 Å². The number of halogens is 2. The zero-order valence-corrected chi connectivity index (χ0v) is 13.5. The lowest BCUT2D eigenvalue weighted by Crippen LogP contribution is -2.32. The van der Waals surface area contributed by atoms with E-state index in [-0.39, 0.29) is 33.9 Å². The van der Waals surface area contributed by atoms with Crippen molar-refractivity contribution in [2.75, 3.05) is 19.6 Å². The molecule has 1 aliphatic rings. The SMILES string of the molecule is O=C(CCNS(=O)(=O)c1cnc(Cl)c(Cl)c1)N1CCCC1. The van der Waals surface area contributed by atoms with Gasteiger partial charge in [-0.1, -0.05) is 23.2 Å². The maximum Gasteiger partial charge on any atom is 0.242 e. The number of sulfonamides is 1. The summed E-state index contributed by atoms with van der Waals surface area (Å²) in [5.74, 6) is -0.0394. The summed E-state index contributed by atoms with van der Waals surface area (Å²) in [6.07, 6.45) is 3.27. The second-order valence-corrected chi connectivity index (χ2v) is 7.21. The maximum atomic E-state index is 12.0. The summed E-state index contributed by atoms with van der Waals surface area (Å²) in [6.45, 7) is 1.54. The topological polar surface area (TPSA) is 79.4 Å². The van der Waals surface area contributed by atoms with Gasteiger partial charge in [0.05, 0.1) is 5.02 Å². The highest BCUT2D eigenvalue weighted by atomic mass is 35.5. The average molecular weight is 352 g/mol. The van der Waals surface area contributed by atoms with E-state index in [9.17, 15) is 13.2 Å². The van der Waals surface area contributed by atoms with E-state index >= 15 is 0 Å². The second-order valence-electron chi connectivity index (χ2n) is 4.68. The number of amides is 1. The highest BCUT2D eigenvalue weighted by Crippen LogP contribution is 2.21. The van der Waals surface area contributed by atoms with Crippen LogP contribution in [0.25, 0.3) is 0 Å². The summed E-state index contributed by atoms with van der Waals surface area (Å²) in [7, 11) is -3.75. The van der Waals surface area contributed by atoms with Crippen LogP contribution in [0.15, 0.2) is 17.2 Å². The number of hydrogen-bond acceptors (Lipinski definition) is 4. The number of nitrogens with one attached hydrogen (secondary N) is 1. The number of likely N-dealkylation sites (tertiary alicyclic amines) is 1. The summed E-state index contributed by atoms with van der Waals surface area (Å²) in [4.78, 5) is 17.2. The van der Waals surface area contributed by atoms with Crippen LogP contribution < -0.4 is 4.72 Å². The van der Waals surface area contributed by atoms with Gasteiger partial charge in [-0.05, 0) is 18.9 Å². The van der Waals surface area contributed by atoms with Gasteiger partial charge in [-0.2, -0.15) is 0 Å². The molecule has 0 saturated carbocycles. The number of aromatic nitrogens is 1. The number of rotatable bonds is 5. The first-order valence-corrected chi connectivity index (χ1v) is 8.72. The fourth-order valence-electron chi connectivity index (χ4n) is 2.05. The molecule has 116 valence electrons. The predicted molar refractivity (Wildman–Crippen MR) is 79.9 cm³/mol. The molecular formula is C12H15Cl2N3O3S. The molecule has 0 atom stereocenters. The molecule has 1 aromatic heterocycles. The van der Waals surface area contributed by atoms with Crippen molar-refractivity contribution >= 4 is 39.1 Å². The lowest BCUT2D eigenvalue weighted by atomic mass is 10.4. The Balaban J connectivity index is 1.91. The Hall–Kier alpha value is -0.890. The molecule has 1 N–H and O–H groups in total. The normalized spacial score (nSPS) is 15.4. The molecular weight excluding hydrogens is 337 g/mol. The summed E-state index contributed by atoms with van der Waals surface area (Å²) >= 11 is 11.4. The third kappa shape index (κ3) is 4.29. The lowest BCUT2D eigenvalue weighted by molar-refractivity contribution is -0.129. The molecule has 0 aromatic carbocycles. The molecule has 0 spiro atoms.